The Morgan fingerprint density at radius 2 is 1.80 bits per heavy atom. The van der Waals surface area contributed by atoms with Crippen LogP contribution >= 0.6 is 0 Å². The van der Waals surface area contributed by atoms with Crippen molar-refractivity contribution in [3.63, 3.8) is 0 Å². The van der Waals surface area contributed by atoms with Gasteiger partial charge in [0.15, 0.2) is 0 Å². The Morgan fingerprint density at radius 3 is 2.40 bits per heavy atom. The van der Waals surface area contributed by atoms with Crippen molar-refractivity contribution in [1.82, 2.24) is 4.98 Å². The van der Waals surface area contributed by atoms with Crippen molar-refractivity contribution in [2.24, 2.45) is 23.2 Å². The zero-order valence-corrected chi connectivity index (χ0v) is 12.4. The Hall–Kier alpha value is -1.25. The molecular formula is C17H25N3. The third-order valence-corrected chi connectivity index (χ3v) is 6.00. The van der Waals surface area contributed by atoms with Gasteiger partial charge in [0.05, 0.1) is 5.69 Å². The summed E-state index contributed by atoms with van der Waals surface area (Å²) in [5.74, 6) is 3.91. The molecule has 108 valence electrons. The Labute approximate surface area is 121 Å². The highest BCUT2D eigenvalue weighted by atomic mass is 15.0. The molecule has 1 heterocycles. The van der Waals surface area contributed by atoms with E-state index in [9.17, 15) is 0 Å². The predicted molar refractivity (Wildman–Crippen MR) is 82.5 cm³/mol. The molecule has 3 nitrogen and oxygen atoms in total. The van der Waals surface area contributed by atoms with E-state index in [1.54, 1.807) is 0 Å². The van der Waals surface area contributed by atoms with E-state index in [-0.39, 0.29) is 0 Å². The van der Waals surface area contributed by atoms with E-state index in [1.807, 2.05) is 19.2 Å². The zero-order valence-electron chi connectivity index (χ0n) is 12.4. The van der Waals surface area contributed by atoms with E-state index in [2.05, 4.69) is 10.3 Å². The van der Waals surface area contributed by atoms with Crippen LogP contribution < -0.4 is 11.1 Å². The summed E-state index contributed by atoms with van der Waals surface area (Å²) < 4.78 is 0. The summed E-state index contributed by atoms with van der Waals surface area (Å²) in [7, 11) is 0. The molecule has 4 aliphatic carbocycles. The first-order valence-electron chi connectivity index (χ1n) is 8.08. The number of nitrogens with zero attached hydrogens (tertiary/aromatic N) is 1. The van der Waals surface area contributed by atoms with E-state index in [0.717, 1.165) is 41.4 Å². The minimum Gasteiger partial charge on any atom is -0.396 e. The van der Waals surface area contributed by atoms with E-state index in [1.165, 1.54) is 38.5 Å². The first-order chi connectivity index (χ1) is 9.63. The molecule has 0 radical (unpaired) electrons. The number of hydrogen-bond acceptors (Lipinski definition) is 3. The molecule has 0 spiro atoms. The summed E-state index contributed by atoms with van der Waals surface area (Å²) in [5, 5.41) is 3.57. The number of rotatable bonds is 3. The lowest BCUT2D eigenvalue weighted by Gasteiger charge is -2.57. The molecular weight excluding hydrogens is 246 g/mol. The van der Waals surface area contributed by atoms with Gasteiger partial charge in [-0.3, -0.25) is 0 Å². The van der Waals surface area contributed by atoms with Gasteiger partial charge in [-0.15, -0.1) is 0 Å². The van der Waals surface area contributed by atoms with Crippen molar-refractivity contribution >= 4 is 11.5 Å². The van der Waals surface area contributed by atoms with Crippen molar-refractivity contribution in [3.8, 4) is 0 Å². The molecule has 0 saturated heterocycles. The Morgan fingerprint density at radius 1 is 1.20 bits per heavy atom. The molecule has 4 fully saturated rings. The fraction of sp³-hybridized carbons (Fsp3) is 0.706. The highest BCUT2D eigenvalue weighted by Gasteiger charge is 2.50. The summed E-state index contributed by atoms with van der Waals surface area (Å²) >= 11 is 0. The number of aryl methyl sites for hydroxylation is 1. The number of anilines is 2. The molecule has 3 heteroatoms. The molecule has 0 unspecified atom stereocenters. The SMILES string of the molecule is Cc1ccnc(NCC23CC4CC(CC(C4)C2)C3)c1N. The van der Waals surface area contributed by atoms with E-state index >= 15 is 0 Å². The predicted octanol–water partition coefficient (Wildman–Crippen LogP) is 3.60. The second-order valence-electron chi connectivity index (χ2n) is 7.66. The number of aromatic nitrogens is 1. The minimum absolute atomic E-state index is 0.534. The quantitative estimate of drug-likeness (QED) is 0.883. The van der Waals surface area contributed by atoms with Crippen LogP contribution in [0.5, 0.6) is 0 Å². The van der Waals surface area contributed by atoms with Crippen LogP contribution in [0.2, 0.25) is 0 Å². The van der Waals surface area contributed by atoms with Gasteiger partial charge in [0, 0.05) is 12.7 Å². The Kier molecular flexibility index (Phi) is 2.73. The molecule has 3 N–H and O–H groups in total. The van der Waals surface area contributed by atoms with Gasteiger partial charge in [0.1, 0.15) is 5.82 Å². The first-order valence-corrected chi connectivity index (χ1v) is 8.08. The molecule has 1 aromatic heterocycles. The highest BCUT2D eigenvalue weighted by molar-refractivity contribution is 5.64. The van der Waals surface area contributed by atoms with Crippen LogP contribution in [0, 0.1) is 30.1 Å². The normalized spacial score (nSPS) is 38.1. The van der Waals surface area contributed by atoms with Gasteiger partial charge in [-0.1, -0.05) is 0 Å². The van der Waals surface area contributed by atoms with Crippen LogP contribution in [0.1, 0.15) is 44.1 Å². The second kappa shape index (κ2) is 4.37. The van der Waals surface area contributed by atoms with Crippen LogP contribution in [-0.4, -0.2) is 11.5 Å². The van der Waals surface area contributed by atoms with Gasteiger partial charge in [-0.2, -0.15) is 0 Å². The van der Waals surface area contributed by atoms with Crippen molar-refractivity contribution < 1.29 is 0 Å². The van der Waals surface area contributed by atoms with Crippen LogP contribution in [0.3, 0.4) is 0 Å². The summed E-state index contributed by atoms with van der Waals surface area (Å²) in [6, 6.07) is 1.98. The minimum atomic E-state index is 0.534. The number of nitrogens with one attached hydrogen (secondary N) is 1. The van der Waals surface area contributed by atoms with E-state index < -0.39 is 0 Å². The second-order valence-corrected chi connectivity index (χ2v) is 7.66. The fourth-order valence-electron chi connectivity index (χ4n) is 5.49. The zero-order chi connectivity index (χ0) is 13.7. The Balaban J connectivity index is 1.50. The van der Waals surface area contributed by atoms with Crippen molar-refractivity contribution in [2.75, 3.05) is 17.6 Å². The number of nitrogen functional groups attached to an aromatic ring is 1. The lowest BCUT2D eigenvalue weighted by atomic mass is 9.49. The van der Waals surface area contributed by atoms with Gasteiger partial charge in [-0.05, 0) is 80.2 Å². The fourth-order valence-corrected chi connectivity index (χ4v) is 5.49. The van der Waals surface area contributed by atoms with Crippen LogP contribution in [0.25, 0.3) is 0 Å². The maximum absolute atomic E-state index is 6.14. The lowest BCUT2D eigenvalue weighted by molar-refractivity contribution is -0.0444. The topological polar surface area (TPSA) is 50.9 Å². The molecule has 5 rings (SSSR count). The van der Waals surface area contributed by atoms with Crippen molar-refractivity contribution in [1.29, 1.82) is 0 Å². The highest BCUT2D eigenvalue weighted by Crippen LogP contribution is 2.59. The average Bonchev–Trinajstić information content (AvgIpc) is 2.39. The lowest BCUT2D eigenvalue weighted by Crippen LogP contribution is -2.49. The molecule has 4 aliphatic rings. The van der Waals surface area contributed by atoms with E-state index in [0.29, 0.717) is 5.41 Å². The maximum atomic E-state index is 6.14. The van der Waals surface area contributed by atoms with Gasteiger partial charge in [-0.25, -0.2) is 4.98 Å². The molecule has 4 saturated carbocycles. The third kappa shape index (κ3) is 1.99. The van der Waals surface area contributed by atoms with Crippen molar-refractivity contribution in [2.45, 2.75) is 45.4 Å². The molecule has 20 heavy (non-hydrogen) atoms. The first kappa shape index (κ1) is 12.5. The molecule has 4 bridgehead atoms. The largest absolute Gasteiger partial charge is 0.396 e. The third-order valence-electron chi connectivity index (χ3n) is 6.00. The standard InChI is InChI=1S/C17H25N3/c1-11-2-3-19-16(15(11)18)20-10-17-7-12-4-13(8-17)6-14(5-12)9-17/h2-3,12-14H,4-10,18H2,1H3,(H,19,20). The smallest absolute Gasteiger partial charge is 0.149 e. The van der Waals surface area contributed by atoms with Gasteiger partial charge >= 0.3 is 0 Å². The van der Waals surface area contributed by atoms with Crippen LogP contribution in [-0.2, 0) is 0 Å². The van der Waals surface area contributed by atoms with E-state index in [4.69, 9.17) is 5.73 Å². The Bertz CT molecular complexity index is 488. The monoisotopic (exact) mass is 271 g/mol. The molecule has 0 atom stereocenters. The molecule has 0 aromatic carbocycles. The molecule has 0 aliphatic heterocycles. The number of pyridine rings is 1. The van der Waals surface area contributed by atoms with Crippen molar-refractivity contribution in [3.05, 3.63) is 17.8 Å². The van der Waals surface area contributed by atoms with Gasteiger partial charge in [0.25, 0.3) is 0 Å². The van der Waals surface area contributed by atoms with Crippen LogP contribution in [0.4, 0.5) is 11.5 Å². The van der Waals surface area contributed by atoms with Gasteiger partial charge in [0.2, 0.25) is 0 Å². The summed E-state index contributed by atoms with van der Waals surface area (Å²) in [5.41, 5.74) is 8.60. The molecule has 1 aromatic rings. The summed E-state index contributed by atoms with van der Waals surface area (Å²) in [6.07, 6.45) is 10.7. The summed E-state index contributed by atoms with van der Waals surface area (Å²) in [6.45, 7) is 3.12. The maximum Gasteiger partial charge on any atom is 0.149 e. The average molecular weight is 271 g/mol. The number of hydrogen-bond donors (Lipinski definition) is 2. The molecule has 0 amide bonds. The summed E-state index contributed by atoms with van der Waals surface area (Å²) in [4.78, 5) is 4.42. The van der Waals surface area contributed by atoms with Gasteiger partial charge < -0.3 is 11.1 Å². The van der Waals surface area contributed by atoms with Crippen LogP contribution in [0.15, 0.2) is 12.3 Å². The number of nitrogens with two attached hydrogens (primary N) is 1.